The summed E-state index contributed by atoms with van der Waals surface area (Å²) in [6, 6.07) is 21.6. The van der Waals surface area contributed by atoms with Gasteiger partial charge in [0, 0.05) is 25.6 Å². The third-order valence-corrected chi connectivity index (χ3v) is 12.6. The number of hydrogen-bond acceptors (Lipinski definition) is 5. The number of aliphatic hydroxyl groups excluding tert-OH is 1. The first-order valence-corrected chi connectivity index (χ1v) is 19.9. The molecule has 0 bridgehead atoms. The fourth-order valence-corrected chi connectivity index (χ4v) is 9.49. The molecule has 2 saturated carbocycles. The summed E-state index contributed by atoms with van der Waals surface area (Å²) in [5.41, 5.74) is 2.90. The number of rotatable bonds is 12. The summed E-state index contributed by atoms with van der Waals surface area (Å²) in [6.07, 6.45) is 16.4. The normalized spacial score (nSPS) is 32.7. The van der Waals surface area contributed by atoms with Crippen LogP contribution in [0.1, 0.15) is 116 Å². The Hall–Kier alpha value is -2.21. The van der Waals surface area contributed by atoms with Crippen LogP contribution in [0.15, 0.2) is 60.7 Å². The molecule has 1 N–H and O–H groups in total. The van der Waals surface area contributed by atoms with Gasteiger partial charge in [-0.15, -0.1) is 0 Å². The zero-order chi connectivity index (χ0) is 34.6. The molecule has 2 aromatic carbocycles. The molecular formula is C44H66O5. The van der Waals surface area contributed by atoms with E-state index in [0.29, 0.717) is 36.2 Å². The smallest absolute Gasteiger partial charge is 0.306 e. The lowest BCUT2D eigenvalue weighted by atomic mass is 9.82. The molecule has 7 rings (SSSR count). The Morgan fingerprint density at radius 3 is 1.71 bits per heavy atom. The second kappa shape index (κ2) is 19.4. The van der Waals surface area contributed by atoms with E-state index in [9.17, 15) is 9.90 Å². The van der Waals surface area contributed by atoms with Gasteiger partial charge in [0.1, 0.15) is 6.10 Å². The van der Waals surface area contributed by atoms with Crippen molar-refractivity contribution in [3.8, 4) is 0 Å². The van der Waals surface area contributed by atoms with Crippen LogP contribution >= 0.6 is 0 Å². The third kappa shape index (κ3) is 11.7. The van der Waals surface area contributed by atoms with E-state index in [1.807, 2.05) is 0 Å². The minimum Gasteiger partial charge on any atom is -0.462 e. The van der Waals surface area contributed by atoms with Crippen LogP contribution in [0.4, 0.5) is 0 Å². The van der Waals surface area contributed by atoms with E-state index in [1.165, 1.54) is 75.3 Å². The summed E-state index contributed by atoms with van der Waals surface area (Å²) in [7, 11) is 0. The van der Waals surface area contributed by atoms with Gasteiger partial charge in [0.05, 0.1) is 12.5 Å². The number of esters is 1. The number of aryl methyl sites for hydroxylation is 2. The van der Waals surface area contributed by atoms with Crippen molar-refractivity contribution in [1.29, 1.82) is 0 Å². The molecule has 3 saturated heterocycles. The Bertz CT molecular complexity index is 1210. The first-order chi connectivity index (χ1) is 23.8. The lowest BCUT2D eigenvalue weighted by Gasteiger charge is -2.23. The fourth-order valence-electron chi connectivity index (χ4n) is 9.49. The molecule has 0 amide bonds. The molecule has 5 heteroatoms. The molecule has 2 aromatic rings. The summed E-state index contributed by atoms with van der Waals surface area (Å²) in [4.78, 5) is 11.5. The molecule has 0 aromatic heterocycles. The van der Waals surface area contributed by atoms with Gasteiger partial charge in [-0.25, -0.2) is 0 Å². The number of aliphatic hydroxyl groups is 1. The highest BCUT2D eigenvalue weighted by Crippen LogP contribution is 2.48. The Labute approximate surface area is 297 Å². The monoisotopic (exact) mass is 674 g/mol. The van der Waals surface area contributed by atoms with E-state index >= 15 is 0 Å². The van der Waals surface area contributed by atoms with Gasteiger partial charge in [0.25, 0.3) is 0 Å². The zero-order valence-electron chi connectivity index (χ0n) is 31.0. The van der Waals surface area contributed by atoms with Gasteiger partial charge in [-0.3, -0.25) is 4.79 Å². The molecule has 272 valence electrons. The Morgan fingerprint density at radius 2 is 1.20 bits per heavy atom. The molecule has 3 heterocycles. The largest absolute Gasteiger partial charge is 0.462 e. The second-order valence-electron chi connectivity index (χ2n) is 16.4. The van der Waals surface area contributed by atoms with Gasteiger partial charge in [0.15, 0.2) is 6.29 Å². The summed E-state index contributed by atoms with van der Waals surface area (Å²) >= 11 is 0. The third-order valence-electron chi connectivity index (χ3n) is 12.6. The molecule has 2 aliphatic carbocycles. The SMILES string of the molecule is C1CCOC1.C[C@@H](CCc1ccccc1)CC[C@@H]1[C@H]2CC(=O)O[C@H]2C[C@H]1C.C[C@@H](CCc1ccccc1)CC[C@@H]1[C@H]2CC(O)O[C@H]2C[C@H]1C. The molecule has 0 spiro atoms. The van der Waals surface area contributed by atoms with E-state index in [-0.39, 0.29) is 12.1 Å². The molecule has 1 unspecified atom stereocenters. The maximum Gasteiger partial charge on any atom is 0.306 e. The average molecular weight is 675 g/mol. The molecule has 3 aliphatic heterocycles. The van der Waals surface area contributed by atoms with Gasteiger partial charge in [-0.1, -0.05) is 101 Å². The van der Waals surface area contributed by atoms with Crippen molar-refractivity contribution >= 4 is 5.97 Å². The fraction of sp³-hybridized carbons (Fsp3) is 0.705. The first-order valence-electron chi connectivity index (χ1n) is 19.9. The van der Waals surface area contributed by atoms with Crippen molar-refractivity contribution in [2.24, 2.45) is 47.3 Å². The van der Waals surface area contributed by atoms with Crippen molar-refractivity contribution < 1.29 is 24.1 Å². The standard InChI is InChI=1S/C20H30O2.C20H28O2.C4H8O/c2*1-14(8-10-16-6-4-3-5-7-16)9-11-17-15(2)12-19-18(17)13-20(21)22-19;1-2-4-5-3-1/h3-7,14-15,17-21H,8-13H2,1-2H3;3-7,14-15,17-19H,8-13H2,1-2H3;1-4H2/t14-,15+,17-,18+,19-,20?;14-,15+,17-,18+,19-;/m00./s1. The number of carbonyl (C=O) groups is 1. The van der Waals surface area contributed by atoms with E-state index in [4.69, 9.17) is 14.2 Å². The van der Waals surface area contributed by atoms with Crippen LogP contribution in [0.25, 0.3) is 0 Å². The molecule has 11 atom stereocenters. The molecule has 49 heavy (non-hydrogen) atoms. The van der Waals surface area contributed by atoms with Gasteiger partial charge < -0.3 is 19.3 Å². The van der Waals surface area contributed by atoms with Gasteiger partial charge in [-0.05, 0) is 117 Å². The number of hydrogen-bond donors (Lipinski definition) is 1. The lowest BCUT2D eigenvalue weighted by molar-refractivity contribution is -0.141. The Kier molecular flexibility index (Phi) is 15.1. The predicted molar refractivity (Wildman–Crippen MR) is 198 cm³/mol. The van der Waals surface area contributed by atoms with E-state index in [2.05, 4.69) is 88.4 Å². The van der Waals surface area contributed by atoms with E-state index in [1.54, 1.807) is 0 Å². The van der Waals surface area contributed by atoms with Crippen molar-refractivity contribution in [3.05, 3.63) is 71.8 Å². The summed E-state index contributed by atoms with van der Waals surface area (Å²) in [5.74, 6) is 5.58. The maximum atomic E-state index is 11.5. The quantitative estimate of drug-likeness (QED) is 0.227. The molecule has 5 nitrogen and oxygen atoms in total. The van der Waals surface area contributed by atoms with Crippen molar-refractivity contribution in [2.45, 2.75) is 136 Å². The summed E-state index contributed by atoms with van der Waals surface area (Å²) < 4.78 is 16.1. The highest BCUT2D eigenvalue weighted by Gasteiger charge is 2.48. The van der Waals surface area contributed by atoms with Crippen LogP contribution in [-0.2, 0) is 31.8 Å². The predicted octanol–water partition coefficient (Wildman–Crippen LogP) is 9.83. The Balaban J connectivity index is 0.000000167. The average Bonchev–Trinajstić information content (AvgIpc) is 3.94. The van der Waals surface area contributed by atoms with E-state index < -0.39 is 6.29 Å². The van der Waals surface area contributed by atoms with E-state index in [0.717, 1.165) is 56.1 Å². The van der Waals surface area contributed by atoms with Crippen LogP contribution in [0, 0.1) is 47.3 Å². The van der Waals surface area contributed by atoms with Crippen LogP contribution < -0.4 is 0 Å². The highest BCUT2D eigenvalue weighted by atomic mass is 16.6. The summed E-state index contributed by atoms with van der Waals surface area (Å²) in [5, 5.41) is 9.70. The van der Waals surface area contributed by atoms with Crippen molar-refractivity contribution in [1.82, 2.24) is 0 Å². The molecule has 5 fully saturated rings. The number of fused-ring (bicyclic) bond motifs is 2. The second-order valence-corrected chi connectivity index (χ2v) is 16.4. The summed E-state index contributed by atoms with van der Waals surface area (Å²) in [6.45, 7) is 11.5. The lowest BCUT2D eigenvalue weighted by Crippen LogP contribution is -2.17. The zero-order valence-corrected chi connectivity index (χ0v) is 31.0. The van der Waals surface area contributed by atoms with Crippen LogP contribution in [0.5, 0.6) is 0 Å². The van der Waals surface area contributed by atoms with Crippen molar-refractivity contribution in [3.63, 3.8) is 0 Å². The number of carbonyl (C=O) groups excluding carboxylic acids is 1. The number of benzene rings is 2. The minimum absolute atomic E-state index is 0.0315. The van der Waals surface area contributed by atoms with Gasteiger partial charge in [-0.2, -0.15) is 0 Å². The molecule has 0 radical (unpaired) electrons. The van der Waals surface area contributed by atoms with Crippen molar-refractivity contribution in [2.75, 3.05) is 13.2 Å². The first kappa shape index (κ1) is 38.0. The molecule has 5 aliphatic rings. The topological polar surface area (TPSA) is 65.0 Å². The Morgan fingerprint density at radius 1 is 0.694 bits per heavy atom. The van der Waals surface area contributed by atoms with Gasteiger partial charge >= 0.3 is 5.97 Å². The van der Waals surface area contributed by atoms with Gasteiger partial charge in [0.2, 0.25) is 0 Å². The number of ether oxygens (including phenoxy) is 3. The maximum absolute atomic E-state index is 11.5. The molecular weight excluding hydrogens is 608 g/mol. The van der Waals surface area contributed by atoms with Crippen LogP contribution in [-0.4, -0.2) is 42.8 Å². The minimum atomic E-state index is -0.500. The van der Waals surface area contributed by atoms with Crippen LogP contribution in [0.3, 0.4) is 0 Å². The highest BCUT2D eigenvalue weighted by molar-refractivity contribution is 5.72. The van der Waals surface area contributed by atoms with Crippen LogP contribution in [0.2, 0.25) is 0 Å².